The predicted octanol–water partition coefficient (Wildman–Crippen LogP) is 5.24. The molecule has 3 rings (SSSR count). The second kappa shape index (κ2) is 6.17. The Kier molecular flexibility index (Phi) is 4.57. The van der Waals surface area contributed by atoms with Gasteiger partial charge in [-0.2, -0.15) is 0 Å². The molecule has 0 aromatic heterocycles. The van der Waals surface area contributed by atoms with Crippen LogP contribution in [-0.4, -0.2) is 28.6 Å². The number of hydrogen-bond donors (Lipinski definition) is 0. The Hall–Kier alpha value is -1.26. The van der Waals surface area contributed by atoms with Crippen molar-refractivity contribution >= 4 is 8.32 Å². The van der Waals surface area contributed by atoms with Crippen LogP contribution in [0.15, 0.2) is 24.3 Å². The van der Waals surface area contributed by atoms with E-state index in [1.165, 1.54) is 11.1 Å². The van der Waals surface area contributed by atoms with Gasteiger partial charge in [-0.1, -0.05) is 32.9 Å². The number of methoxy groups -OCH3 is 2. The van der Waals surface area contributed by atoms with E-state index in [1.807, 2.05) is 0 Å². The average Bonchev–Trinajstić information content (AvgIpc) is 3.12. The summed E-state index contributed by atoms with van der Waals surface area (Å²) in [6.07, 6.45) is 8.10. The van der Waals surface area contributed by atoms with Crippen molar-refractivity contribution in [3.63, 3.8) is 0 Å². The van der Waals surface area contributed by atoms with Crippen LogP contribution >= 0.6 is 0 Å². The van der Waals surface area contributed by atoms with E-state index in [0.29, 0.717) is 0 Å². The van der Waals surface area contributed by atoms with Gasteiger partial charge in [-0.25, -0.2) is 0 Å². The maximum Gasteiger partial charge on any atom is 0.192 e. The molecule has 1 spiro atoms. The van der Waals surface area contributed by atoms with Crippen molar-refractivity contribution in [3.8, 4) is 11.5 Å². The van der Waals surface area contributed by atoms with Crippen molar-refractivity contribution in [2.75, 3.05) is 14.2 Å². The molecule has 3 nitrogen and oxygen atoms in total. The lowest BCUT2D eigenvalue weighted by Crippen LogP contribution is -2.48. The first-order valence-corrected chi connectivity index (χ1v) is 12.2. The van der Waals surface area contributed by atoms with Gasteiger partial charge >= 0.3 is 0 Å². The molecule has 138 valence electrons. The third kappa shape index (κ3) is 2.93. The number of allylic oxidation sites excluding steroid dienone is 1. The third-order valence-corrected chi connectivity index (χ3v) is 11.0. The fourth-order valence-electron chi connectivity index (χ4n) is 3.95. The Morgan fingerprint density at radius 3 is 2.24 bits per heavy atom. The second-order valence-electron chi connectivity index (χ2n) is 8.92. The Balaban J connectivity index is 2.04. The zero-order valence-electron chi connectivity index (χ0n) is 16.7. The molecule has 0 fully saturated rings. The van der Waals surface area contributed by atoms with E-state index in [-0.39, 0.29) is 16.6 Å². The summed E-state index contributed by atoms with van der Waals surface area (Å²) >= 11 is 0. The maximum absolute atomic E-state index is 6.94. The van der Waals surface area contributed by atoms with Crippen LogP contribution in [0.3, 0.4) is 0 Å². The lowest BCUT2D eigenvalue weighted by atomic mass is 9.79. The Labute approximate surface area is 153 Å². The molecule has 2 aliphatic rings. The van der Waals surface area contributed by atoms with E-state index in [2.05, 4.69) is 58.2 Å². The monoisotopic (exact) mass is 360 g/mol. The zero-order chi connectivity index (χ0) is 18.5. The van der Waals surface area contributed by atoms with Crippen LogP contribution in [0, 0.1) is 0 Å². The quantitative estimate of drug-likeness (QED) is 0.543. The molecular weight excluding hydrogens is 328 g/mol. The van der Waals surface area contributed by atoms with Gasteiger partial charge in [0.2, 0.25) is 0 Å². The van der Waals surface area contributed by atoms with Crippen LogP contribution in [0.25, 0.3) is 0 Å². The van der Waals surface area contributed by atoms with Gasteiger partial charge in [-0.15, -0.1) is 0 Å². The normalized spacial score (nSPS) is 25.5. The van der Waals surface area contributed by atoms with E-state index in [1.54, 1.807) is 14.2 Å². The van der Waals surface area contributed by atoms with Gasteiger partial charge in [-0.3, -0.25) is 0 Å². The number of hydrogen-bond acceptors (Lipinski definition) is 3. The standard InChI is InChI=1S/C21H32O3Si/c1-20(2,3)25(6,7)24-19-13-15-12-17(22-4)18(23-5)14-16(15)21(19)10-8-9-11-21/h8,10,12,14,19H,9,11,13H2,1-7H3/t19-,21+/m1/s1. The molecule has 1 aromatic carbocycles. The van der Waals surface area contributed by atoms with Crippen molar-refractivity contribution in [3.05, 3.63) is 35.4 Å². The highest BCUT2D eigenvalue weighted by Crippen LogP contribution is 2.52. The topological polar surface area (TPSA) is 27.7 Å². The third-order valence-electron chi connectivity index (χ3n) is 6.47. The molecule has 0 bridgehead atoms. The van der Waals surface area contributed by atoms with Crippen molar-refractivity contribution in [2.24, 2.45) is 0 Å². The first kappa shape index (κ1) is 18.5. The van der Waals surface area contributed by atoms with E-state index < -0.39 is 8.32 Å². The van der Waals surface area contributed by atoms with Crippen LogP contribution in [0.2, 0.25) is 18.1 Å². The first-order valence-electron chi connectivity index (χ1n) is 9.25. The van der Waals surface area contributed by atoms with Crippen molar-refractivity contribution in [1.29, 1.82) is 0 Å². The largest absolute Gasteiger partial charge is 0.493 e. The molecule has 0 N–H and O–H groups in total. The molecule has 0 saturated heterocycles. The van der Waals surface area contributed by atoms with Crippen LogP contribution in [0.4, 0.5) is 0 Å². The van der Waals surface area contributed by atoms with Gasteiger partial charge in [0.1, 0.15) is 0 Å². The van der Waals surface area contributed by atoms with Crippen molar-refractivity contribution in [1.82, 2.24) is 0 Å². The van der Waals surface area contributed by atoms with Crippen molar-refractivity contribution in [2.45, 2.75) is 69.7 Å². The zero-order valence-corrected chi connectivity index (χ0v) is 17.7. The summed E-state index contributed by atoms with van der Waals surface area (Å²) in [6, 6.07) is 4.33. The molecular formula is C21H32O3Si. The summed E-state index contributed by atoms with van der Waals surface area (Å²) in [7, 11) is 1.57. The van der Waals surface area contributed by atoms with Gasteiger partial charge in [0, 0.05) is 5.41 Å². The number of rotatable bonds is 4. The summed E-state index contributed by atoms with van der Waals surface area (Å²) in [5.74, 6) is 1.63. The minimum Gasteiger partial charge on any atom is -0.493 e. The Morgan fingerprint density at radius 2 is 1.72 bits per heavy atom. The lowest BCUT2D eigenvalue weighted by molar-refractivity contribution is 0.129. The summed E-state index contributed by atoms with van der Waals surface area (Å²) in [6.45, 7) is 11.6. The Morgan fingerprint density at radius 1 is 1.08 bits per heavy atom. The molecule has 0 unspecified atom stereocenters. The minimum atomic E-state index is -1.84. The number of benzene rings is 1. The van der Waals surface area contributed by atoms with Gasteiger partial charge < -0.3 is 13.9 Å². The highest BCUT2D eigenvalue weighted by atomic mass is 28.4. The van der Waals surface area contributed by atoms with E-state index in [9.17, 15) is 0 Å². The lowest BCUT2D eigenvalue weighted by Gasteiger charge is -2.42. The fraction of sp³-hybridized carbons (Fsp3) is 0.619. The van der Waals surface area contributed by atoms with Gasteiger partial charge in [-0.05, 0) is 60.7 Å². The van der Waals surface area contributed by atoms with E-state index in [0.717, 1.165) is 30.8 Å². The molecule has 0 aliphatic heterocycles. The molecule has 25 heavy (non-hydrogen) atoms. The smallest absolute Gasteiger partial charge is 0.192 e. The highest BCUT2D eigenvalue weighted by Gasteiger charge is 2.51. The number of ether oxygens (including phenoxy) is 2. The summed E-state index contributed by atoms with van der Waals surface area (Å²) in [4.78, 5) is 0. The van der Waals surface area contributed by atoms with E-state index >= 15 is 0 Å². The minimum absolute atomic E-state index is 0.00952. The molecule has 0 heterocycles. The fourth-order valence-corrected chi connectivity index (χ4v) is 5.31. The van der Waals surface area contributed by atoms with Gasteiger partial charge in [0.15, 0.2) is 19.8 Å². The van der Waals surface area contributed by atoms with Crippen LogP contribution in [-0.2, 0) is 16.3 Å². The Bertz CT molecular complexity index is 687. The molecule has 2 aliphatic carbocycles. The van der Waals surface area contributed by atoms with Crippen LogP contribution in [0.5, 0.6) is 11.5 Å². The van der Waals surface area contributed by atoms with Crippen LogP contribution < -0.4 is 9.47 Å². The molecule has 1 aromatic rings. The summed E-state index contributed by atoms with van der Waals surface area (Å²) in [5, 5.41) is 0.209. The van der Waals surface area contributed by atoms with Crippen molar-refractivity contribution < 1.29 is 13.9 Å². The predicted molar refractivity (Wildman–Crippen MR) is 105 cm³/mol. The second-order valence-corrected chi connectivity index (χ2v) is 13.7. The average molecular weight is 361 g/mol. The molecule has 4 heteroatoms. The SMILES string of the molecule is COc1cc2c(cc1OC)[C@@]1(C=CCC1)[C@H](O[Si](C)(C)C(C)(C)C)C2. The highest BCUT2D eigenvalue weighted by molar-refractivity contribution is 6.74. The van der Waals surface area contributed by atoms with E-state index in [4.69, 9.17) is 13.9 Å². The molecule has 0 amide bonds. The van der Waals surface area contributed by atoms with Gasteiger partial charge in [0.05, 0.1) is 20.3 Å². The van der Waals surface area contributed by atoms with Gasteiger partial charge in [0.25, 0.3) is 0 Å². The van der Waals surface area contributed by atoms with Crippen LogP contribution in [0.1, 0.15) is 44.7 Å². The number of fused-ring (bicyclic) bond motifs is 2. The maximum atomic E-state index is 6.94. The summed E-state index contributed by atoms with van der Waals surface area (Å²) < 4.78 is 18.0. The first-order chi connectivity index (χ1) is 11.6. The summed E-state index contributed by atoms with van der Waals surface area (Å²) in [5.41, 5.74) is 2.69. The molecule has 0 radical (unpaired) electrons. The molecule has 0 saturated carbocycles. The molecule has 2 atom stereocenters.